The standard InChI is InChI=1S/C17H20N2O4S/c1-23-16-7-3-2-6-14(16)12-18-13-15(8-9-17(18)20)24(21,22)19-10-4-5-11-19/h2-3,6-9,13H,4-5,10-12H2,1H3. The third-order valence-electron chi connectivity index (χ3n) is 4.19. The molecule has 1 aliphatic rings. The number of hydrogen-bond donors (Lipinski definition) is 0. The Morgan fingerprint density at radius 1 is 1.08 bits per heavy atom. The molecule has 2 aromatic rings. The molecule has 6 nitrogen and oxygen atoms in total. The first-order valence-corrected chi connectivity index (χ1v) is 9.29. The van der Waals surface area contributed by atoms with Crippen LogP contribution in [0.5, 0.6) is 5.75 Å². The largest absolute Gasteiger partial charge is 0.496 e. The Bertz CT molecular complexity index is 883. The predicted octanol–water partition coefficient (Wildman–Crippen LogP) is 1.69. The van der Waals surface area contributed by atoms with Crippen LogP contribution in [0.15, 0.2) is 52.3 Å². The highest BCUT2D eigenvalue weighted by molar-refractivity contribution is 7.89. The highest BCUT2D eigenvalue weighted by Gasteiger charge is 2.27. The number of sulfonamides is 1. The molecule has 0 amide bonds. The molecule has 1 aliphatic heterocycles. The van der Waals surface area contributed by atoms with Gasteiger partial charge in [0.05, 0.1) is 18.6 Å². The van der Waals surface area contributed by atoms with Crippen LogP contribution < -0.4 is 10.3 Å². The average molecular weight is 348 g/mol. The molecular weight excluding hydrogens is 328 g/mol. The number of para-hydroxylation sites is 1. The van der Waals surface area contributed by atoms with Gasteiger partial charge in [0.2, 0.25) is 10.0 Å². The zero-order chi connectivity index (χ0) is 17.2. The summed E-state index contributed by atoms with van der Waals surface area (Å²) in [5.74, 6) is 0.664. The zero-order valence-electron chi connectivity index (χ0n) is 13.5. The van der Waals surface area contributed by atoms with E-state index < -0.39 is 10.0 Å². The molecule has 0 saturated carbocycles. The van der Waals surface area contributed by atoms with Crippen molar-refractivity contribution in [3.05, 3.63) is 58.5 Å². The summed E-state index contributed by atoms with van der Waals surface area (Å²) in [6, 6.07) is 10.1. The van der Waals surface area contributed by atoms with Crippen molar-refractivity contribution < 1.29 is 13.2 Å². The Morgan fingerprint density at radius 2 is 1.79 bits per heavy atom. The maximum absolute atomic E-state index is 12.7. The van der Waals surface area contributed by atoms with Gasteiger partial charge >= 0.3 is 0 Å². The summed E-state index contributed by atoms with van der Waals surface area (Å²) in [4.78, 5) is 12.3. The summed E-state index contributed by atoms with van der Waals surface area (Å²) in [6.07, 6.45) is 3.17. The van der Waals surface area contributed by atoms with Gasteiger partial charge in [0.1, 0.15) is 5.75 Å². The number of ether oxygens (including phenoxy) is 1. The van der Waals surface area contributed by atoms with Crippen molar-refractivity contribution in [3.63, 3.8) is 0 Å². The summed E-state index contributed by atoms with van der Waals surface area (Å²) in [7, 11) is -1.98. The molecule has 0 radical (unpaired) electrons. The van der Waals surface area contributed by atoms with Crippen LogP contribution in [0, 0.1) is 0 Å². The first kappa shape index (κ1) is 16.7. The normalized spacial score (nSPS) is 15.5. The van der Waals surface area contributed by atoms with Gasteiger partial charge in [-0.1, -0.05) is 18.2 Å². The van der Waals surface area contributed by atoms with Gasteiger partial charge in [0, 0.05) is 30.9 Å². The maximum atomic E-state index is 12.7. The first-order valence-electron chi connectivity index (χ1n) is 7.85. The molecule has 1 aromatic carbocycles. The minimum absolute atomic E-state index is 0.152. The Hall–Kier alpha value is -2.12. The Morgan fingerprint density at radius 3 is 2.50 bits per heavy atom. The minimum Gasteiger partial charge on any atom is -0.496 e. The number of hydrogen-bond acceptors (Lipinski definition) is 4. The summed E-state index contributed by atoms with van der Waals surface area (Å²) in [6.45, 7) is 1.33. The highest BCUT2D eigenvalue weighted by Crippen LogP contribution is 2.21. The quantitative estimate of drug-likeness (QED) is 0.825. The number of pyridine rings is 1. The molecular formula is C17H20N2O4S. The van der Waals surface area contributed by atoms with E-state index in [0.29, 0.717) is 18.8 Å². The van der Waals surface area contributed by atoms with Gasteiger partial charge < -0.3 is 9.30 Å². The maximum Gasteiger partial charge on any atom is 0.250 e. The molecule has 1 fully saturated rings. The number of benzene rings is 1. The lowest BCUT2D eigenvalue weighted by atomic mass is 10.2. The van der Waals surface area contributed by atoms with Gasteiger partial charge in [0.25, 0.3) is 5.56 Å². The van der Waals surface area contributed by atoms with E-state index in [0.717, 1.165) is 18.4 Å². The van der Waals surface area contributed by atoms with Crippen LogP contribution in [0.25, 0.3) is 0 Å². The van der Waals surface area contributed by atoms with Crippen LogP contribution in [0.4, 0.5) is 0 Å². The van der Waals surface area contributed by atoms with Gasteiger partial charge in [-0.2, -0.15) is 4.31 Å². The van der Waals surface area contributed by atoms with Crippen LogP contribution in [-0.4, -0.2) is 37.5 Å². The van der Waals surface area contributed by atoms with Crippen LogP contribution in [-0.2, 0) is 16.6 Å². The molecule has 0 bridgehead atoms. The van der Waals surface area contributed by atoms with Gasteiger partial charge in [-0.25, -0.2) is 8.42 Å². The van der Waals surface area contributed by atoms with E-state index >= 15 is 0 Å². The van der Waals surface area contributed by atoms with Crippen LogP contribution in [0.3, 0.4) is 0 Å². The van der Waals surface area contributed by atoms with E-state index in [-0.39, 0.29) is 17.0 Å². The van der Waals surface area contributed by atoms with Gasteiger partial charge in [0.15, 0.2) is 0 Å². The van der Waals surface area contributed by atoms with Gasteiger partial charge in [-0.05, 0) is 25.0 Å². The topological polar surface area (TPSA) is 68.6 Å². The van der Waals surface area contributed by atoms with Crippen molar-refractivity contribution in [1.29, 1.82) is 0 Å². The van der Waals surface area contributed by atoms with E-state index in [1.807, 2.05) is 24.3 Å². The summed E-state index contributed by atoms with van der Waals surface area (Å²) in [5.41, 5.74) is 0.569. The Balaban J connectivity index is 1.96. The predicted molar refractivity (Wildman–Crippen MR) is 90.8 cm³/mol. The lowest BCUT2D eigenvalue weighted by molar-refractivity contribution is 0.408. The lowest BCUT2D eigenvalue weighted by Crippen LogP contribution is -2.29. The zero-order valence-corrected chi connectivity index (χ0v) is 14.3. The SMILES string of the molecule is COc1ccccc1Cn1cc(S(=O)(=O)N2CCCC2)ccc1=O. The molecule has 2 heterocycles. The fourth-order valence-electron chi connectivity index (χ4n) is 2.88. The third-order valence-corrected chi connectivity index (χ3v) is 6.07. The fraction of sp³-hybridized carbons (Fsp3) is 0.353. The van der Waals surface area contributed by atoms with E-state index in [4.69, 9.17) is 4.74 Å². The molecule has 1 saturated heterocycles. The van der Waals surface area contributed by atoms with Crippen molar-refractivity contribution in [2.45, 2.75) is 24.3 Å². The van der Waals surface area contributed by atoms with Crippen LogP contribution >= 0.6 is 0 Å². The van der Waals surface area contributed by atoms with Crippen molar-refractivity contribution in [2.24, 2.45) is 0 Å². The monoisotopic (exact) mass is 348 g/mol. The molecule has 128 valence electrons. The van der Waals surface area contributed by atoms with Crippen LogP contribution in [0.1, 0.15) is 18.4 Å². The van der Waals surface area contributed by atoms with Crippen molar-refractivity contribution in [3.8, 4) is 5.75 Å². The molecule has 24 heavy (non-hydrogen) atoms. The summed E-state index contributed by atoms with van der Waals surface area (Å²) >= 11 is 0. The lowest BCUT2D eigenvalue weighted by Gasteiger charge is -2.17. The van der Waals surface area contributed by atoms with Gasteiger partial charge in [-0.3, -0.25) is 4.79 Å². The van der Waals surface area contributed by atoms with Crippen molar-refractivity contribution >= 4 is 10.0 Å². The molecule has 7 heteroatoms. The second-order valence-electron chi connectivity index (χ2n) is 5.75. The first-order chi connectivity index (χ1) is 11.5. The second-order valence-corrected chi connectivity index (χ2v) is 7.69. The van der Waals surface area contributed by atoms with E-state index in [2.05, 4.69) is 0 Å². The van der Waals surface area contributed by atoms with Gasteiger partial charge in [-0.15, -0.1) is 0 Å². The van der Waals surface area contributed by atoms with E-state index in [9.17, 15) is 13.2 Å². The van der Waals surface area contributed by atoms with Crippen LogP contribution in [0.2, 0.25) is 0 Å². The molecule has 0 aliphatic carbocycles. The highest BCUT2D eigenvalue weighted by atomic mass is 32.2. The van der Waals surface area contributed by atoms with E-state index in [1.54, 1.807) is 7.11 Å². The molecule has 3 rings (SSSR count). The number of methoxy groups -OCH3 is 1. The summed E-state index contributed by atoms with van der Waals surface area (Å²) in [5, 5.41) is 0. The minimum atomic E-state index is -3.54. The number of rotatable bonds is 5. The number of aromatic nitrogens is 1. The molecule has 0 N–H and O–H groups in total. The molecule has 0 unspecified atom stereocenters. The fourth-order valence-corrected chi connectivity index (χ4v) is 4.42. The Labute approximate surface area is 141 Å². The number of nitrogens with zero attached hydrogens (tertiary/aromatic N) is 2. The average Bonchev–Trinajstić information content (AvgIpc) is 3.12. The van der Waals surface area contributed by atoms with Crippen molar-refractivity contribution in [2.75, 3.05) is 20.2 Å². The summed E-state index contributed by atoms with van der Waals surface area (Å²) < 4.78 is 33.5. The molecule has 1 aromatic heterocycles. The third kappa shape index (κ3) is 3.22. The smallest absolute Gasteiger partial charge is 0.250 e. The second kappa shape index (κ2) is 6.78. The Kier molecular flexibility index (Phi) is 4.73. The molecule has 0 spiro atoms. The molecule has 0 atom stereocenters. The van der Waals surface area contributed by atoms with E-state index in [1.165, 1.54) is 27.2 Å². The van der Waals surface area contributed by atoms with Crippen molar-refractivity contribution in [1.82, 2.24) is 8.87 Å².